The van der Waals surface area contributed by atoms with Crippen LogP contribution in [0.15, 0.2) is 57.9 Å². The van der Waals surface area contributed by atoms with Crippen LogP contribution in [0.25, 0.3) is 0 Å². The predicted molar refractivity (Wildman–Crippen MR) is 68.0 cm³/mol. The van der Waals surface area contributed by atoms with Crippen LogP contribution in [-0.2, 0) is 0 Å². The molecule has 0 aromatic heterocycles. The highest BCUT2D eigenvalue weighted by Gasteiger charge is 2.13. The van der Waals surface area contributed by atoms with Crippen LogP contribution >= 0.6 is 11.8 Å². The van der Waals surface area contributed by atoms with E-state index in [2.05, 4.69) is 43.8 Å². The first kappa shape index (κ1) is 10.6. The summed E-state index contributed by atoms with van der Waals surface area (Å²) in [6.45, 7) is 6.40. The Balaban J connectivity index is 2.21. The van der Waals surface area contributed by atoms with E-state index in [4.69, 9.17) is 0 Å². The summed E-state index contributed by atoms with van der Waals surface area (Å²) in [5.41, 5.74) is 2.81. The maximum Gasteiger partial charge on any atom is 0.0137 e. The second-order valence-corrected chi connectivity index (χ2v) is 5.07. The molecular weight excluding hydrogens is 200 g/mol. The lowest BCUT2D eigenvalue weighted by Crippen LogP contribution is -1.97. The number of benzene rings is 1. The Morgan fingerprint density at radius 2 is 1.87 bits per heavy atom. The summed E-state index contributed by atoms with van der Waals surface area (Å²) in [6.07, 6.45) is 3.66. The molecule has 0 heterocycles. The Hall–Kier alpha value is -0.950. The molecule has 0 aliphatic heterocycles. The van der Waals surface area contributed by atoms with Gasteiger partial charge in [-0.1, -0.05) is 42.1 Å². The SMILES string of the molecule is C=C1CCCC(C)=C1Sc1ccccc1. The first-order chi connectivity index (χ1) is 7.27. The number of hydrogen-bond acceptors (Lipinski definition) is 1. The maximum atomic E-state index is 4.16. The molecule has 1 aromatic rings. The number of rotatable bonds is 2. The minimum absolute atomic E-state index is 1.16. The summed E-state index contributed by atoms with van der Waals surface area (Å²) in [7, 11) is 0. The summed E-state index contributed by atoms with van der Waals surface area (Å²) >= 11 is 1.86. The van der Waals surface area contributed by atoms with Crippen molar-refractivity contribution < 1.29 is 0 Å². The first-order valence-corrected chi connectivity index (χ1v) is 6.20. The third-order valence-corrected chi connectivity index (χ3v) is 4.05. The molecule has 15 heavy (non-hydrogen) atoms. The maximum absolute atomic E-state index is 4.16. The van der Waals surface area contributed by atoms with Crippen molar-refractivity contribution in [3.63, 3.8) is 0 Å². The Kier molecular flexibility index (Phi) is 3.32. The van der Waals surface area contributed by atoms with Crippen molar-refractivity contribution >= 4 is 11.8 Å². The smallest absolute Gasteiger partial charge is 0.0137 e. The van der Waals surface area contributed by atoms with Gasteiger partial charge in [-0.15, -0.1) is 0 Å². The summed E-state index contributed by atoms with van der Waals surface area (Å²) in [6, 6.07) is 10.5. The van der Waals surface area contributed by atoms with Crippen molar-refractivity contribution in [2.45, 2.75) is 31.1 Å². The molecule has 0 saturated carbocycles. The molecule has 0 radical (unpaired) electrons. The van der Waals surface area contributed by atoms with Gasteiger partial charge in [0.05, 0.1) is 0 Å². The van der Waals surface area contributed by atoms with E-state index in [0.29, 0.717) is 0 Å². The van der Waals surface area contributed by atoms with Crippen molar-refractivity contribution in [2.24, 2.45) is 0 Å². The molecule has 1 aromatic carbocycles. The van der Waals surface area contributed by atoms with Gasteiger partial charge in [0.1, 0.15) is 0 Å². The minimum atomic E-state index is 1.16. The Morgan fingerprint density at radius 3 is 2.53 bits per heavy atom. The minimum Gasteiger partial charge on any atom is -0.0947 e. The van der Waals surface area contributed by atoms with Gasteiger partial charge in [0.15, 0.2) is 0 Å². The first-order valence-electron chi connectivity index (χ1n) is 5.38. The Bertz CT molecular complexity index is 387. The molecule has 0 unspecified atom stereocenters. The zero-order chi connectivity index (χ0) is 10.7. The van der Waals surface area contributed by atoms with Crippen LogP contribution in [0.2, 0.25) is 0 Å². The highest BCUT2D eigenvalue weighted by atomic mass is 32.2. The van der Waals surface area contributed by atoms with Crippen LogP contribution in [0.4, 0.5) is 0 Å². The average molecular weight is 216 g/mol. The van der Waals surface area contributed by atoms with Crippen LogP contribution in [0.5, 0.6) is 0 Å². The van der Waals surface area contributed by atoms with Crippen LogP contribution in [-0.4, -0.2) is 0 Å². The summed E-state index contributed by atoms with van der Waals surface area (Å²) in [4.78, 5) is 2.72. The Morgan fingerprint density at radius 1 is 1.13 bits per heavy atom. The zero-order valence-corrected chi connectivity index (χ0v) is 9.94. The van der Waals surface area contributed by atoms with Gasteiger partial charge in [-0.05, 0) is 43.9 Å². The highest BCUT2D eigenvalue weighted by Crippen LogP contribution is 2.39. The van der Waals surface area contributed by atoms with E-state index in [1.807, 2.05) is 11.8 Å². The fraction of sp³-hybridized carbons (Fsp3) is 0.286. The molecule has 1 aliphatic rings. The van der Waals surface area contributed by atoms with E-state index >= 15 is 0 Å². The molecule has 0 spiro atoms. The second kappa shape index (κ2) is 4.71. The molecule has 0 saturated heterocycles. The molecule has 0 amide bonds. The van der Waals surface area contributed by atoms with E-state index in [1.54, 1.807) is 0 Å². The number of allylic oxidation sites excluding steroid dienone is 2. The molecule has 0 bridgehead atoms. The fourth-order valence-corrected chi connectivity index (χ4v) is 2.91. The third-order valence-electron chi connectivity index (χ3n) is 2.70. The van der Waals surface area contributed by atoms with Gasteiger partial charge < -0.3 is 0 Å². The standard InChI is InChI=1S/C14H16S/c1-11-7-6-8-12(2)14(11)15-13-9-4-3-5-10-13/h3-5,9-10H,1,6-8H2,2H3. The van der Waals surface area contributed by atoms with E-state index < -0.39 is 0 Å². The third kappa shape index (κ3) is 2.54. The average Bonchev–Trinajstić information content (AvgIpc) is 2.25. The normalized spacial score (nSPS) is 17.0. The van der Waals surface area contributed by atoms with Crippen LogP contribution < -0.4 is 0 Å². The molecule has 0 N–H and O–H groups in total. The molecule has 0 atom stereocenters. The van der Waals surface area contributed by atoms with Gasteiger partial charge in [0, 0.05) is 9.80 Å². The van der Waals surface area contributed by atoms with E-state index in [1.165, 1.54) is 33.8 Å². The molecule has 1 heteroatoms. The highest BCUT2D eigenvalue weighted by molar-refractivity contribution is 8.03. The van der Waals surface area contributed by atoms with Crippen molar-refractivity contribution in [1.82, 2.24) is 0 Å². The molecule has 2 rings (SSSR count). The van der Waals surface area contributed by atoms with Crippen molar-refractivity contribution in [3.05, 3.63) is 53.0 Å². The lowest BCUT2D eigenvalue weighted by atomic mass is 9.97. The number of thioether (sulfide) groups is 1. The lowest BCUT2D eigenvalue weighted by Gasteiger charge is -2.19. The number of hydrogen-bond donors (Lipinski definition) is 0. The van der Waals surface area contributed by atoms with E-state index in [-0.39, 0.29) is 0 Å². The zero-order valence-electron chi connectivity index (χ0n) is 9.12. The van der Waals surface area contributed by atoms with Gasteiger partial charge in [0.2, 0.25) is 0 Å². The molecule has 78 valence electrons. The van der Waals surface area contributed by atoms with Gasteiger partial charge in [-0.2, -0.15) is 0 Å². The topological polar surface area (TPSA) is 0 Å². The van der Waals surface area contributed by atoms with Crippen LogP contribution in [0.1, 0.15) is 26.2 Å². The van der Waals surface area contributed by atoms with Crippen molar-refractivity contribution in [1.29, 1.82) is 0 Å². The summed E-state index contributed by atoms with van der Waals surface area (Å²) in [5.74, 6) is 0. The van der Waals surface area contributed by atoms with E-state index in [0.717, 1.165) is 6.42 Å². The van der Waals surface area contributed by atoms with Crippen molar-refractivity contribution in [2.75, 3.05) is 0 Å². The van der Waals surface area contributed by atoms with Gasteiger partial charge >= 0.3 is 0 Å². The summed E-state index contributed by atoms with van der Waals surface area (Å²) < 4.78 is 0. The van der Waals surface area contributed by atoms with E-state index in [9.17, 15) is 0 Å². The molecule has 0 nitrogen and oxygen atoms in total. The molecule has 0 fully saturated rings. The van der Waals surface area contributed by atoms with Crippen LogP contribution in [0.3, 0.4) is 0 Å². The Labute approximate surface area is 96.1 Å². The monoisotopic (exact) mass is 216 g/mol. The van der Waals surface area contributed by atoms with Crippen LogP contribution in [0, 0.1) is 0 Å². The fourth-order valence-electron chi connectivity index (χ4n) is 1.86. The summed E-state index contributed by atoms with van der Waals surface area (Å²) in [5, 5.41) is 0. The molecular formula is C14H16S. The van der Waals surface area contributed by atoms with Crippen molar-refractivity contribution in [3.8, 4) is 0 Å². The largest absolute Gasteiger partial charge is 0.0947 e. The quantitative estimate of drug-likeness (QED) is 0.684. The van der Waals surface area contributed by atoms with Gasteiger partial charge in [0.25, 0.3) is 0 Å². The van der Waals surface area contributed by atoms with Gasteiger partial charge in [-0.3, -0.25) is 0 Å². The second-order valence-electron chi connectivity index (χ2n) is 3.98. The molecule has 1 aliphatic carbocycles. The van der Waals surface area contributed by atoms with Gasteiger partial charge in [-0.25, -0.2) is 0 Å². The predicted octanol–water partition coefficient (Wildman–Crippen LogP) is 4.79. The lowest BCUT2D eigenvalue weighted by molar-refractivity contribution is 0.781.